The minimum Gasteiger partial charge on any atom is -0.497 e. The predicted molar refractivity (Wildman–Crippen MR) is 98.4 cm³/mol. The van der Waals surface area contributed by atoms with Crippen LogP contribution >= 0.6 is 0 Å². The highest BCUT2D eigenvalue weighted by Crippen LogP contribution is 2.24. The molecule has 0 aromatic heterocycles. The van der Waals surface area contributed by atoms with Crippen molar-refractivity contribution in [1.29, 1.82) is 5.26 Å². The van der Waals surface area contributed by atoms with E-state index in [1.165, 1.54) is 45.4 Å². The zero-order valence-electron chi connectivity index (χ0n) is 15.2. The number of benzene rings is 2. The number of sulfonamides is 1. The third kappa shape index (κ3) is 4.64. The number of hydrogen-bond acceptors (Lipinski definition) is 6. The maximum Gasteiger partial charge on any atom is 0.323 e. The Kier molecular flexibility index (Phi) is 6.55. The maximum atomic E-state index is 13.1. The van der Waals surface area contributed by atoms with Gasteiger partial charge in [0.05, 0.1) is 30.7 Å². The third-order valence-electron chi connectivity index (χ3n) is 4.06. The summed E-state index contributed by atoms with van der Waals surface area (Å²) < 4.78 is 37.1. The smallest absolute Gasteiger partial charge is 0.323 e. The van der Waals surface area contributed by atoms with Gasteiger partial charge in [-0.25, -0.2) is 8.42 Å². The Morgan fingerprint density at radius 1 is 1.11 bits per heavy atom. The van der Waals surface area contributed by atoms with Crippen molar-refractivity contribution in [2.75, 3.05) is 14.2 Å². The molecule has 27 heavy (non-hydrogen) atoms. The van der Waals surface area contributed by atoms with Crippen molar-refractivity contribution in [2.45, 2.75) is 24.4 Å². The van der Waals surface area contributed by atoms with Gasteiger partial charge in [-0.05, 0) is 48.9 Å². The van der Waals surface area contributed by atoms with E-state index in [1.54, 1.807) is 24.3 Å². The number of carbonyl (C=O) groups is 1. The number of methoxy groups -OCH3 is 2. The van der Waals surface area contributed by atoms with E-state index in [4.69, 9.17) is 14.7 Å². The average molecular weight is 388 g/mol. The van der Waals surface area contributed by atoms with Gasteiger partial charge in [0.2, 0.25) is 10.0 Å². The molecule has 2 aromatic rings. The van der Waals surface area contributed by atoms with Gasteiger partial charge in [0.1, 0.15) is 11.8 Å². The van der Waals surface area contributed by atoms with Crippen LogP contribution in [0.2, 0.25) is 0 Å². The first kappa shape index (κ1) is 20.4. The molecule has 0 N–H and O–H groups in total. The lowest BCUT2D eigenvalue weighted by atomic mass is 10.1. The summed E-state index contributed by atoms with van der Waals surface area (Å²) >= 11 is 0. The predicted octanol–water partition coefficient (Wildman–Crippen LogP) is 2.32. The Balaban J connectivity index is 2.43. The lowest BCUT2D eigenvalue weighted by molar-refractivity contribution is -0.144. The van der Waals surface area contributed by atoms with Crippen LogP contribution in [0.4, 0.5) is 0 Å². The van der Waals surface area contributed by atoms with Gasteiger partial charge in [0.15, 0.2) is 0 Å². The van der Waals surface area contributed by atoms with Crippen LogP contribution in [0.15, 0.2) is 53.4 Å². The van der Waals surface area contributed by atoms with Crippen molar-refractivity contribution < 1.29 is 22.7 Å². The highest BCUT2D eigenvalue weighted by Gasteiger charge is 2.33. The largest absolute Gasteiger partial charge is 0.497 e. The molecule has 0 saturated heterocycles. The van der Waals surface area contributed by atoms with Crippen molar-refractivity contribution in [2.24, 2.45) is 0 Å². The number of carbonyl (C=O) groups excluding carboxylic acids is 1. The third-order valence-corrected chi connectivity index (χ3v) is 5.99. The fourth-order valence-electron chi connectivity index (χ4n) is 2.47. The van der Waals surface area contributed by atoms with Crippen molar-refractivity contribution >= 4 is 16.0 Å². The number of esters is 1. The van der Waals surface area contributed by atoms with E-state index in [0.717, 1.165) is 4.31 Å². The van der Waals surface area contributed by atoms with E-state index >= 15 is 0 Å². The molecule has 2 aromatic carbocycles. The molecule has 0 amide bonds. The van der Waals surface area contributed by atoms with Gasteiger partial charge in [0.25, 0.3) is 0 Å². The van der Waals surface area contributed by atoms with Crippen LogP contribution in [0.25, 0.3) is 0 Å². The summed E-state index contributed by atoms with van der Waals surface area (Å²) in [5.74, 6) is -0.144. The van der Waals surface area contributed by atoms with Crippen LogP contribution in [-0.4, -0.2) is 39.0 Å². The fourth-order valence-corrected chi connectivity index (χ4v) is 4.04. The summed E-state index contributed by atoms with van der Waals surface area (Å²) in [5.41, 5.74) is 1.10. The molecule has 2 rings (SSSR count). The molecule has 8 heteroatoms. The molecule has 0 aliphatic rings. The molecule has 0 spiro atoms. The highest BCUT2D eigenvalue weighted by atomic mass is 32.2. The second kappa shape index (κ2) is 8.66. The van der Waals surface area contributed by atoms with Crippen LogP contribution in [-0.2, 0) is 26.1 Å². The lowest BCUT2D eigenvalue weighted by Gasteiger charge is -2.27. The zero-order valence-corrected chi connectivity index (χ0v) is 16.1. The molecule has 0 bridgehead atoms. The molecule has 0 aliphatic carbocycles. The molecule has 0 saturated carbocycles. The first-order chi connectivity index (χ1) is 12.8. The van der Waals surface area contributed by atoms with E-state index in [1.807, 2.05) is 6.07 Å². The Bertz CT molecular complexity index is 932. The molecule has 0 aliphatic heterocycles. The normalized spacial score (nSPS) is 12.3. The highest BCUT2D eigenvalue weighted by molar-refractivity contribution is 7.89. The summed E-state index contributed by atoms with van der Waals surface area (Å²) in [6.45, 7) is 1.42. The average Bonchev–Trinajstić information content (AvgIpc) is 2.71. The monoisotopic (exact) mass is 388 g/mol. The van der Waals surface area contributed by atoms with Crippen LogP contribution in [0.3, 0.4) is 0 Å². The van der Waals surface area contributed by atoms with Crippen molar-refractivity contribution in [3.05, 3.63) is 59.7 Å². The molecule has 7 nitrogen and oxygen atoms in total. The van der Waals surface area contributed by atoms with Crippen molar-refractivity contribution in [3.8, 4) is 11.8 Å². The summed E-state index contributed by atoms with van der Waals surface area (Å²) in [7, 11) is -1.29. The fraction of sp³-hybridized carbons (Fsp3) is 0.263. The van der Waals surface area contributed by atoms with Crippen molar-refractivity contribution in [3.63, 3.8) is 0 Å². The van der Waals surface area contributed by atoms with Crippen LogP contribution in [0.5, 0.6) is 5.75 Å². The number of rotatable bonds is 7. The quantitative estimate of drug-likeness (QED) is 0.675. The van der Waals surface area contributed by atoms with Gasteiger partial charge >= 0.3 is 5.97 Å². The maximum absolute atomic E-state index is 13.1. The van der Waals surface area contributed by atoms with E-state index in [-0.39, 0.29) is 11.4 Å². The first-order valence-electron chi connectivity index (χ1n) is 8.06. The minimum atomic E-state index is -3.98. The van der Waals surface area contributed by atoms with Crippen molar-refractivity contribution in [1.82, 2.24) is 4.31 Å². The summed E-state index contributed by atoms with van der Waals surface area (Å²) in [6, 6.07) is 13.4. The Morgan fingerprint density at radius 2 is 1.70 bits per heavy atom. The topological polar surface area (TPSA) is 96.7 Å². The molecule has 0 heterocycles. The second-order valence-corrected chi connectivity index (χ2v) is 7.62. The summed E-state index contributed by atoms with van der Waals surface area (Å²) in [5, 5.41) is 8.90. The number of ether oxygens (including phenoxy) is 2. The Labute approximate surface area is 158 Å². The van der Waals surface area contributed by atoms with Crippen LogP contribution in [0, 0.1) is 11.3 Å². The standard InChI is InChI=1S/C19H20N2O5S/c1-14(19(22)26-3)21(13-16-6-4-15(12-20)5-7-16)27(23,24)18-10-8-17(25-2)9-11-18/h4-11,14H,13H2,1-3H3/t14-/m1/s1. The number of nitrogens with zero attached hydrogens (tertiary/aromatic N) is 2. The Hall–Kier alpha value is -2.89. The zero-order chi connectivity index (χ0) is 20.0. The van der Waals surface area contributed by atoms with E-state index in [9.17, 15) is 13.2 Å². The SMILES string of the molecule is COC(=O)[C@@H](C)N(Cc1ccc(C#N)cc1)S(=O)(=O)c1ccc(OC)cc1. The first-order valence-corrected chi connectivity index (χ1v) is 9.50. The van der Waals surface area contributed by atoms with Crippen LogP contribution in [0.1, 0.15) is 18.1 Å². The molecular formula is C19H20N2O5S. The second-order valence-electron chi connectivity index (χ2n) is 5.73. The molecular weight excluding hydrogens is 368 g/mol. The van der Waals surface area contributed by atoms with Gasteiger partial charge in [-0.3, -0.25) is 4.79 Å². The van der Waals surface area contributed by atoms with E-state index < -0.39 is 22.0 Å². The molecule has 0 fully saturated rings. The van der Waals surface area contributed by atoms with Gasteiger partial charge in [-0.2, -0.15) is 9.57 Å². The summed E-state index contributed by atoms with van der Waals surface area (Å²) in [6.07, 6.45) is 0. The molecule has 1 atom stereocenters. The lowest BCUT2D eigenvalue weighted by Crippen LogP contribution is -2.43. The Morgan fingerprint density at radius 3 is 2.19 bits per heavy atom. The van der Waals surface area contributed by atoms with Gasteiger partial charge in [0, 0.05) is 6.54 Å². The van der Waals surface area contributed by atoms with E-state index in [2.05, 4.69) is 0 Å². The van der Waals surface area contributed by atoms with Crippen LogP contribution < -0.4 is 4.74 Å². The minimum absolute atomic E-state index is 0.0349. The number of hydrogen-bond donors (Lipinski definition) is 0. The van der Waals surface area contributed by atoms with Gasteiger partial charge in [-0.1, -0.05) is 12.1 Å². The number of nitriles is 1. The van der Waals surface area contributed by atoms with Gasteiger partial charge in [-0.15, -0.1) is 0 Å². The molecule has 0 radical (unpaired) electrons. The molecule has 0 unspecified atom stereocenters. The summed E-state index contributed by atoms with van der Waals surface area (Å²) in [4.78, 5) is 12.1. The van der Waals surface area contributed by atoms with Gasteiger partial charge < -0.3 is 9.47 Å². The molecule has 142 valence electrons. The van der Waals surface area contributed by atoms with E-state index in [0.29, 0.717) is 16.9 Å².